The number of carbonyl (C=O) groups is 1. The lowest BCUT2D eigenvalue weighted by atomic mass is 10.2. The lowest BCUT2D eigenvalue weighted by Crippen LogP contribution is -2.18. The summed E-state index contributed by atoms with van der Waals surface area (Å²) in [5, 5.41) is 5.96. The summed E-state index contributed by atoms with van der Waals surface area (Å²) in [5.74, 6) is -0.265. The first-order valence-corrected chi connectivity index (χ1v) is 10.2. The van der Waals surface area contributed by atoms with E-state index in [2.05, 4.69) is 37.1 Å². The Labute approximate surface area is 181 Å². The van der Waals surface area contributed by atoms with Gasteiger partial charge in [0, 0.05) is 38.7 Å². The summed E-state index contributed by atoms with van der Waals surface area (Å²) in [6.07, 6.45) is 3.71. The van der Waals surface area contributed by atoms with Gasteiger partial charge in [0.05, 0.1) is 11.8 Å². The first-order valence-electron chi connectivity index (χ1n) is 9.02. The van der Waals surface area contributed by atoms with Gasteiger partial charge in [0.15, 0.2) is 0 Å². The molecule has 0 aliphatic carbocycles. The predicted octanol–water partition coefficient (Wildman–Crippen LogP) is 5.87. The van der Waals surface area contributed by atoms with E-state index in [-0.39, 0.29) is 5.91 Å². The van der Waals surface area contributed by atoms with E-state index in [9.17, 15) is 4.79 Å². The molecular weight excluding hydrogens is 450 g/mol. The van der Waals surface area contributed by atoms with E-state index in [1.807, 2.05) is 66.9 Å². The molecule has 29 heavy (non-hydrogen) atoms. The molecule has 0 aliphatic rings. The Morgan fingerprint density at radius 3 is 2.55 bits per heavy atom. The van der Waals surface area contributed by atoms with Crippen molar-refractivity contribution in [3.63, 3.8) is 0 Å². The average molecular weight is 467 g/mol. The molecule has 0 spiro atoms. The summed E-state index contributed by atoms with van der Waals surface area (Å²) < 4.78 is 2.89. The minimum Gasteiger partial charge on any atom is -0.342 e. The van der Waals surface area contributed by atoms with E-state index < -0.39 is 0 Å². The van der Waals surface area contributed by atoms with Crippen LogP contribution in [0.25, 0.3) is 10.9 Å². The van der Waals surface area contributed by atoms with E-state index in [1.54, 1.807) is 12.3 Å². The lowest BCUT2D eigenvalue weighted by molar-refractivity contribution is 0.0954. The second-order valence-corrected chi connectivity index (χ2v) is 7.83. The monoisotopic (exact) mass is 465 g/mol. The standard InChI is InChI=1S/C23H17BrClN3O/c24-21-7-3-1-6-20(21)23(29)27-26-13-17-15-28(22-8-4-2-5-19(17)22)14-16-9-11-18(25)12-10-16/h1-13,15H,14H2,(H,27,29)/b26-13-. The molecule has 4 aromatic rings. The van der Waals surface area contributed by atoms with Crippen LogP contribution in [-0.4, -0.2) is 16.7 Å². The van der Waals surface area contributed by atoms with E-state index >= 15 is 0 Å². The Hall–Kier alpha value is -2.89. The molecule has 0 aliphatic heterocycles. The fourth-order valence-corrected chi connectivity index (χ4v) is 3.75. The number of para-hydroxylation sites is 1. The molecule has 1 amide bonds. The number of aromatic nitrogens is 1. The second-order valence-electron chi connectivity index (χ2n) is 6.53. The molecule has 0 atom stereocenters. The van der Waals surface area contributed by atoms with Crippen molar-refractivity contribution in [2.45, 2.75) is 6.54 Å². The van der Waals surface area contributed by atoms with Crippen LogP contribution >= 0.6 is 27.5 Å². The molecular formula is C23H17BrClN3O. The number of hydrogen-bond acceptors (Lipinski definition) is 2. The number of nitrogens with zero attached hydrogens (tertiary/aromatic N) is 2. The van der Waals surface area contributed by atoms with Crippen LogP contribution in [0.5, 0.6) is 0 Å². The molecule has 0 radical (unpaired) electrons. The summed E-state index contributed by atoms with van der Waals surface area (Å²) in [7, 11) is 0. The van der Waals surface area contributed by atoms with E-state index in [1.165, 1.54) is 0 Å². The number of rotatable bonds is 5. The summed E-state index contributed by atoms with van der Waals surface area (Å²) in [5.41, 5.74) is 6.32. The zero-order valence-corrected chi connectivity index (χ0v) is 17.7. The Morgan fingerprint density at radius 2 is 1.76 bits per heavy atom. The number of amides is 1. The van der Waals surface area contributed by atoms with Crippen LogP contribution in [0, 0.1) is 0 Å². The maximum Gasteiger partial charge on any atom is 0.272 e. The van der Waals surface area contributed by atoms with Crippen LogP contribution in [0.15, 0.2) is 88.6 Å². The number of hydrogen-bond donors (Lipinski definition) is 1. The number of halogens is 2. The molecule has 4 nitrogen and oxygen atoms in total. The van der Waals surface area contributed by atoms with Crippen molar-refractivity contribution in [3.05, 3.63) is 105 Å². The second kappa shape index (κ2) is 8.64. The van der Waals surface area contributed by atoms with Gasteiger partial charge in [-0.25, -0.2) is 5.43 Å². The highest BCUT2D eigenvalue weighted by Gasteiger charge is 2.09. The van der Waals surface area contributed by atoms with Crippen LogP contribution in [0.1, 0.15) is 21.5 Å². The third-order valence-corrected chi connectivity index (χ3v) is 5.52. The topological polar surface area (TPSA) is 46.4 Å². The highest BCUT2D eigenvalue weighted by atomic mass is 79.9. The van der Waals surface area contributed by atoms with E-state index in [4.69, 9.17) is 11.6 Å². The first kappa shape index (κ1) is 19.4. The largest absolute Gasteiger partial charge is 0.342 e. The van der Waals surface area contributed by atoms with Gasteiger partial charge >= 0.3 is 0 Å². The van der Waals surface area contributed by atoms with Gasteiger partial charge in [-0.05, 0) is 51.8 Å². The van der Waals surface area contributed by atoms with Gasteiger partial charge in [0.1, 0.15) is 0 Å². The Morgan fingerprint density at radius 1 is 1.03 bits per heavy atom. The molecule has 0 bridgehead atoms. The molecule has 0 unspecified atom stereocenters. The number of carbonyl (C=O) groups excluding carboxylic acids is 1. The molecule has 6 heteroatoms. The predicted molar refractivity (Wildman–Crippen MR) is 122 cm³/mol. The van der Waals surface area contributed by atoms with Crippen LogP contribution in [0.4, 0.5) is 0 Å². The van der Waals surface area contributed by atoms with Gasteiger partial charge < -0.3 is 4.57 Å². The SMILES string of the molecule is O=C(N/N=C\c1cn(Cc2ccc(Cl)cc2)c2ccccc12)c1ccccc1Br. The smallest absolute Gasteiger partial charge is 0.272 e. The number of nitrogens with one attached hydrogen (secondary N) is 1. The maximum atomic E-state index is 12.3. The van der Waals surface area contributed by atoms with Gasteiger partial charge in [-0.15, -0.1) is 0 Å². The number of benzene rings is 3. The van der Waals surface area contributed by atoms with Crippen molar-refractivity contribution in [2.24, 2.45) is 5.10 Å². The van der Waals surface area contributed by atoms with Gasteiger partial charge in [-0.3, -0.25) is 4.79 Å². The molecule has 1 aromatic heterocycles. The van der Waals surface area contributed by atoms with Crippen molar-refractivity contribution < 1.29 is 4.79 Å². The van der Waals surface area contributed by atoms with Crippen molar-refractivity contribution >= 4 is 50.6 Å². The zero-order chi connectivity index (χ0) is 20.2. The Balaban J connectivity index is 1.57. The summed E-state index contributed by atoms with van der Waals surface area (Å²) in [4.78, 5) is 12.3. The Kier molecular flexibility index (Phi) is 5.79. The summed E-state index contributed by atoms with van der Waals surface area (Å²) >= 11 is 9.37. The molecule has 4 rings (SSSR count). The summed E-state index contributed by atoms with van der Waals surface area (Å²) in [6.45, 7) is 0.717. The number of fused-ring (bicyclic) bond motifs is 1. The molecule has 3 aromatic carbocycles. The third-order valence-electron chi connectivity index (χ3n) is 4.57. The zero-order valence-electron chi connectivity index (χ0n) is 15.3. The van der Waals surface area contributed by atoms with Crippen LogP contribution in [-0.2, 0) is 6.54 Å². The van der Waals surface area contributed by atoms with Gasteiger partial charge in [0.2, 0.25) is 0 Å². The van der Waals surface area contributed by atoms with E-state index in [0.717, 1.165) is 38.1 Å². The summed E-state index contributed by atoms with van der Waals surface area (Å²) in [6, 6.07) is 23.2. The van der Waals surface area contributed by atoms with E-state index in [0.29, 0.717) is 5.56 Å². The average Bonchev–Trinajstić information content (AvgIpc) is 3.08. The molecule has 1 N–H and O–H groups in total. The highest BCUT2D eigenvalue weighted by Crippen LogP contribution is 2.22. The normalized spacial score (nSPS) is 11.2. The van der Waals surface area contributed by atoms with Gasteiger partial charge in [0.25, 0.3) is 5.91 Å². The first-order chi connectivity index (χ1) is 14.1. The highest BCUT2D eigenvalue weighted by molar-refractivity contribution is 9.10. The van der Waals surface area contributed by atoms with Crippen molar-refractivity contribution in [3.8, 4) is 0 Å². The fraction of sp³-hybridized carbons (Fsp3) is 0.0435. The van der Waals surface area contributed by atoms with Crippen LogP contribution in [0.3, 0.4) is 0 Å². The lowest BCUT2D eigenvalue weighted by Gasteiger charge is -2.05. The van der Waals surface area contributed by atoms with Gasteiger partial charge in [-0.2, -0.15) is 5.10 Å². The molecule has 0 fully saturated rings. The van der Waals surface area contributed by atoms with Gasteiger partial charge in [-0.1, -0.05) is 54.1 Å². The molecule has 0 saturated carbocycles. The Bertz CT molecular complexity index is 1200. The van der Waals surface area contributed by atoms with Crippen molar-refractivity contribution in [1.82, 2.24) is 9.99 Å². The molecule has 144 valence electrons. The van der Waals surface area contributed by atoms with Crippen LogP contribution < -0.4 is 5.43 Å². The molecule has 0 saturated heterocycles. The maximum absolute atomic E-state index is 12.3. The third kappa shape index (κ3) is 4.42. The van der Waals surface area contributed by atoms with Crippen LogP contribution in [0.2, 0.25) is 5.02 Å². The number of hydrazone groups is 1. The fourth-order valence-electron chi connectivity index (χ4n) is 3.16. The van der Waals surface area contributed by atoms with Crippen molar-refractivity contribution in [1.29, 1.82) is 0 Å². The quantitative estimate of drug-likeness (QED) is 0.290. The van der Waals surface area contributed by atoms with Crippen molar-refractivity contribution in [2.75, 3.05) is 0 Å². The molecule has 1 heterocycles. The minimum atomic E-state index is -0.265. The minimum absolute atomic E-state index is 0.265.